The molecule has 12 heteroatoms. The van der Waals surface area contributed by atoms with Crippen molar-refractivity contribution in [2.45, 2.75) is 94.4 Å². The molecular weight excluding hydrogens is 781 g/mol. The van der Waals surface area contributed by atoms with Crippen LogP contribution >= 0.6 is 0 Å². The smallest absolute Gasteiger partial charge is 0.424 e. The van der Waals surface area contributed by atoms with E-state index in [1.54, 1.807) is 7.11 Å². The Morgan fingerprint density at radius 2 is 0.803 bits per heavy atom. The summed E-state index contributed by atoms with van der Waals surface area (Å²) in [5.41, 5.74) is 4.83. The first-order valence-electron chi connectivity index (χ1n) is 20.7. The zero-order chi connectivity index (χ0) is 41.6. The molecule has 3 heterocycles. The maximum atomic E-state index is 13.0. The standard InChI is InChI=1S/C49H52O12/c1-51-47-45(56-31-38-25-15-6-16-26-38)43(55-30-37-23-13-5-14-24-37)42(40(57-47)33-53-28-35-19-9-3-10-20-35)59-48-46-44(60-49(50)61-46)41(54-29-36-21-11-4-12-22-36)39(58-48)32-52-27-34-17-7-2-8-18-34/h2-26,39-48H,27-33H2,1H3/t39-,40-,41+,42-,43+,44+,45-,46-,47+,48+/m1/s1. The van der Waals surface area contributed by atoms with Gasteiger partial charge in [0.05, 0.1) is 46.2 Å². The topological polar surface area (TPSA) is 119 Å². The van der Waals surface area contributed by atoms with Gasteiger partial charge in [-0.15, -0.1) is 0 Å². The molecule has 0 radical (unpaired) electrons. The summed E-state index contributed by atoms with van der Waals surface area (Å²) in [6.07, 6.45) is -9.52. The lowest BCUT2D eigenvalue weighted by atomic mass is 9.96. The Hall–Kier alpha value is -4.99. The van der Waals surface area contributed by atoms with Gasteiger partial charge in [-0.1, -0.05) is 152 Å². The molecule has 3 saturated heterocycles. The third-order valence-corrected chi connectivity index (χ3v) is 10.8. The van der Waals surface area contributed by atoms with E-state index < -0.39 is 67.6 Å². The molecule has 0 aliphatic carbocycles. The number of ether oxygens (including phenoxy) is 11. The van der Waals surface area contributed by atoms with Gasteiger partial charge < -0.3 is 52.1 Å². The van der Waals surface area contributed by atoms with Crippen molar-refractivity contribution in [3.63, 3.8) is 0 Å². The summed E-state index contributed by atoms with van der Waals surface area (Å²) < 4.78 is 70.7. The molecule has 3 aliphatic heterocycles. The first kappa shape index (κ1) is 42.7. The van der Waals surface area contributed by atoms with Gasteiger partial charge in [-0.25, -0.2) is 4.79 Å². The molecular formula is C49H52O12. The summed E-state index contributed by atoms with van der Waals surface area (Å²) >= 11 is 0. The number of carbonyl (C=O) groups is 1. The molecule has 5 aromatic rings. The number of fused-ring (bicyclic) bond motifs is 1. The van der Waals surface area contributed by atoms with E-state index in [1.165, 1.54) is 0 Å². The number of hydrogen-bond acceptors (Lipinski definition) is 12. The van der Waals surface area contributed by atoms with Crippen LogP contribution in [-0.2, 0) is 85.1 Å². The SMILES string of the molecule is CO[C@H]1O[C@H](COCc2ccccc2)[C@@H](O[C@@H]2O[C@H](COCc3ccccc3)[C@H](OCc3ccccc3)[C@@H]3OC(=O)O[C@@H]23)[C@H](OCc2ccccc2)[C@H]1OCc1ccccc1. The Labute approximate surface area is 356 Å². The number of methoxy groups -OCH3 is 1. The second kappa shape index (κ2) is 21.7. The Morgan fingerprint density at radius 3 is 1.26 bits per heavy atom. The lowest BCUT2D eigenvalue weighted by molar-refractivity contribution is -0.362. The van der Waals surface area contributed by atoms with Crippen LogP contribution < -0.4 is 0 Å². The summed E-state index contributed by atoms with van der Waals surface area (Å²) in [4.78, 5) is 13.0. The van der Waals surface area contributed by atoms with Crippen LogP contribution in [0, 0.1) is 0 Å². The first-order valence-corrected chi connectivity index (χ1v) is 20.7. The Kier molecular flexibility index (Phi) is 15.2. The summed E-state index contributed by atoms with van der Waals surface area (Å²) in [6.45, 7) is 1.56. The average molecular weight is 833 g/mol. The molecule has 10 atom stereocenters. The maximum Gasteiger partial charge on any atom is 0.509 e. The number of hydrogen-bond donors (Lipinski definition) is 0. The van der Waals surface area contributed by atoms with Gasteiger partial charge in [0.15, 0.2) is 24.8 Å². The predicted molar refractivity (Wildman–Crippen MR) is 222 cm³/mol. The summed E-state index contributed by atoms with van der Waals surface area (Å²) in [6, 6.07) is 49.1. The summed E-state index contributed by atoms with van der Waals surface area (Å²) in [5.74, 6) is 0. The lowest BCUT2D eigenvalue weighted by Crippen LogP contribution is -2.65. The van der Waals surface area contributed by atoms with Crippen LogP contribution in [0.5, 0.6) is 0 Å². The minimum Gasteiger partial charge on any atom is -0.424 e. The van der Waals surface area contributed by atoms with Gasteiger partial charge in [0.25, 0.3) is 0 Å². The van der Waals surface area contributed by atoms with Crippen molar-refractivity contribution in [2.75, 3.05) is 20.3 Å². The summed E-state index contributed by atoms with van der Waals surface area (Å²) in [7, 11) is 1.57. The fourth-order valence-electron chi connectivity index (χ4n) is 7.75. The quantitative estimate of drug-likeness (QED) is 0.0721. The molecule has 0 saturated carbocycles. The first-order chi connectivity index (χ1) is 30.1. The van der Waals surface area contributed by atoms with E-state index in [1.807, 2.05) is 152 Å². The second-order valence-corrected chi connectivity index (χ2v) is 15.1. The van der Waals surface area contributed by atoms with Crippen LogP contribution in [0.25, 0.3) is 0 Å². The molecule has 0 aromatic heterocycles. The van der Waals surface area contributed by atoms with Gasteiger partial charge in [-0.3, -0.25) is 0 Å². The number of carbonyl (C=O) groups excluding carboxylic acids is 1. The molecule has 12 nitrogen and oxygen atoms in total. The van der Waals surface area contributed by atoms with Gasteiger partial charge in [0.1, 0.15) is 36.6 Å². The average Bonchev–Trinajstić information content (AvgIpc) is 3.71. The van der Waals surface area contributed by atoms with E-state index in [-0.39, 0.29) is 33.0 Å². The van der Waals surface area contributed by atoms with Crippen LogP contribution in [0.15, 0.2) is 152 Å². The van der Waals surface area contributed by atoms with E-state index in [9.17, 15) is 4.79 Å². The van der Waals surface area contributed by atoms with E-state index in [4.69, 9.17) is 52.1 Å². The molecule has 0 N–H and O–H groups in total. The molecule has 3 aliphatic rings. The van der Waals surface area contributed by atoms with Gasteiger partial charge in [0, 0.05) is 7.11 Å². The fraction of sp³-hybridized carbons (Fsp3) is 0.367. The molecule has 5 aromatic carbocycles. The van der Waals surface area contributed by atoms with Crippen molar-refractivity contribution >= 4 is 6.16 Å². The molecule has 320 valence electrons. The Balaban J connectivity index is 1.10. The maximum absolute atomic E-state index is 13.0. The third-order valence-electron chi connectivity index (χ3n) is 10.8. The summed E-state index contributed by atoms with van der Waals surface area (Å²) in [5, 5.41) is 0. The predicted octanol–water partition coefficient (Wildman–Crippen LogP) is 7.56. The minimum atomic E-state index is -1.17. The van der Waals surface area contributed by atoms with Gasteiger partial charge >= 0.3 is 6.16 Å². The van der Waals surface area contributed by atoms with E-state index in [0.717, 1.165) is 27.8 Å². The molecule has 0 spiro atoms. The van der Waals surface area contributed by atoms with Gasteiger partial charge in [-0.2, -0.15) is 0 Å². The number of rotatable bonds is 20. The van der Waals surface area contributed by atoms with Crippen LogP contribution in [0.2, 0.25) is 0 Å². The van der Waals surface area contributed by atoms with E-state index >= 15 is 0 Å². The minimum absolute atomic E-state index is 0.0968. The Morgan fingerprint density at radius 1 is 0.426 bits per heavy atom. The van der Waals surface area contributed by atoms with Gasteiger partial charge in [-0.05, 0) is 27.8 Å². The fourth-order valence-corrected chi connectivity index (χ4v) is 7.75. The zero-order valence-electron chi connectivity index (χ0n) is 34.1. The van der Waals surface area contributed by atoms with E-state index in [2.05, 4.69) is 0 Å². The zero-order valence-corrected chi connectivity index (χ0v) is 34.1. The molecule has 3 fully saturated rings. The highest BCUT2D eigenvalue weighted by Gasteiger charge is 2.58. The molecule has 61 heavy (non-hydrogen) atoms. The van der Waals surface area contributed by atoms with Crippen molar-refractivity contribution in [1.82, 2.24) is 0 Å². The van der Waals surface area contributed by atoms with Crippen LogP contribution in [-0.4, -0.2) is 87.9 Å². The van der Waals surface area contributed by atoms with Gasteiger partial charge in [0.2, 0.25) is 0 Å². The molecule has 0 bridgehead atoms. The van der Waals surface area contributed by atoms with Crippen molar-refractivity contribution in [3.05, 3.63) is 179 Å². The van der Waals surface area contributed by atoms with Crippen molar-refractivity contribution in [3.8, 4) is 0 Å². The van der Waals surface area contributed by atoms with Crippen LogP contribution in [0.4, 0.5) is 4.79 Å². The third kappa shape index (κ3) is 11.5. The van der Waals surface area contributed by atoms with Crippen molar-refractivity contribution < 1.29 is 56.9 Å². The molecule has 8 rings (SSSR count). The number of benzene rings is 5. The normalized spacial score (nSPS) is 27.2. The molecule has 0 amide bonds. The highest BCUT2D eigenvalue weighted by atomic mass is 16.8. The van der Waals surface area contributed by atoms with E-state index in [0.29, 0.717) is 13.2 Å². The molecule has 0 unspecified atom stereocenters. The largest absolute Gasteiger partial charge is 0.509 e. The lowest BCUT2D eigenvalue weighted by Gasteiger charge is -2.48. The van der Waals surface area contributed by atoms with Crippen molar-refractivity contribution in [2.24, 2.45) is 0 Å². The second-order valence-electron chi connectivity index (χ2n) is 15.1. The van der Waals surface area contributed by atoms with Crippen LogP contribution in [0.3, 0.4) is 0 Å². The highest BCUT2D eigenvalue weighted by molar-refractivity contribution is 5.63. The highest BCUT2D eigenvalue weighted by Crippen LogP contribution is 2.38. The Bertz CT molecular complexity index is 2030. The monoisotopic (exact) mass is 832 g/mol. The van der Waals surface area contributed by atoms with Crippen molar-refractivity contribution in [1.29, 1.82) is 0 Å². The van der Waals surface area contributed by atoms with Crippen LogP contribution in [0.1, 0.15) is 27.8 Å².